The number of rotatable bonds is 0. The number of anilines is 1. The Balaban J connectivity index is 2.81. The van der Waals surface area contributed by atoms with E-state index in [2.05, 4.69) is 6.07 Å². The first-order valence-electron chi connectivity index (χ1n) is 4.08. The summed E-state index contributed by atoms with van der Waals surface area (Å²) in [6, 6.07) is 2.16. The van der Waals surface area contributed by atoms with Gasteiger partial charge in [-0.05, 0) is 30.4 Å². The van der Waals surface area contributed by atoms with Crippen molar-refractivity contribution in [2.45, 2.75) is 19.3 Å². The van der Waals surface area contributed by atoms with Crippen molar-refractivity contribution in [3.05, 3.63) is 20.5 Å². The fourth-order valence-corrected chi connectivity index (χ4v) is 3.04. The molecule has 0 aromatic carbocycles. The molecule has 1 aliphatic carbocycles. The molecule has 0 saturated heterocycles. The Kier molecular flexibility index (Phi) is 2.06. The number of hydrogen-bond donors (Lipinski definition) is 1. The molecule has 0 spiro atoms. The van der Waals surface area contributed by atoms with E-state index in [1.54, 1.807) is 0 Å². The predicted molar refractivity (Wildman–Crippen MR) is 56.3 cm³/mol. The molecule has 1 aromatic rings. The first kappa shape index (κ1) is 8.67. The highest BCUT2D eigenvalue weighted by Gasteiger charge is 2.18. The van der Waals surface area contributed by atoms with Crippen molar-refractivity contribution in [2.75, 3.05) is 5.73 Å². The van der Waals surface area contributed by atoms with Crippen molar-refractivity contribution in [2.24, 2.45) is 0 Å². The molecule has 13 heavy (non-hydrogen) atoms. The minimum Gasteiger partial charge on any atom is -0.389 e. The van der Waals surface area contributed by atoms with Crippen LogP contribution in [0.15, 0.2) is 0 Å². The molecule has 1 heterocycles. The molecular formula is C9H8N2S2. The molecule has 1 aromatic heterocycles. The third-order valence-electron chi connectivity index (χ3n) is 2.33. The second-order valence-electron chi connectivity index (χ2n) is 3.05. The summed E-state index contributed by atoms with van der Waals surface area (Å²) < 4.78 is 0.865. The van der Waals surface area contributed by atoms with Crippen molar-refractivity contribution in [3.8, 4) is 6.07 Å². The molecule has 0 atom stereocenters. The predicted octanol–water partition coefficient (Wildman–Crippen LogP) is 2.42. The summed E-state index contributed by atoms with van der Waals surface area (Å²) >= 11 is 6.56. The first-order chi connectivity index (χ1) is 6.24. The van der Waals surface area contributed by atoms with Gasteiger partial charge in [-0.25, -0.2) is 0 Å². The lowest BCUT2D eigenvalue weighted by atomic mass is 10.1. The summed E-state index contributed by atoms with van der Waals surface area (Å²) in [6.07, 6.45) is 3.07. The quantitative estimate of drug-likeness (QED) is 0.666. The number of fused-ring (bicyclic) bond motifs is 1. The van der Waals surface area contributed by atoms with E-state index in [-0.39, 0.29) is 0 Å². The van der Waals surface area contributed by atoms with Gasteiger partial charge >= 0.3 is 0 Å². The summed E-state index contributed by atoms with van der Waals surface area (Å²) in [4.78, 5) is 0. The van der Waals surface area contributed by atoms with Gasteiger partial charge in [-0.15, -0.1) is 11.3 Å². The molecule has 0 bridgehead atoms. The number of nitrogen functional groups attached to an aromatic ring is 1. The molecule has 0 amide bonds. The van der Waals surface area contributed by atoms with Gasteiger partial charge in [0.1, 0.15) is 11.1 Å². The topological polar surface area (TPSA) is 49.8 Å². The maximum absolute atomic E-state index is 8.92. The Morgan fingerprint density at radius 2 is 2.08 bits per heavy atom. The molecule has 0 unspecified atom stereocenters. The number of hydrogen-bond acceptors (Lipinski definition) is 4. The van der Waals surface area contributed by atoms with Crippen LogP contribution in [0.25, 0.3) is 0 Å². The molecule has 2 N–H and O–H groups in total. The minimum atomic E-state index is 0.577. The number of nitriles is 1. The SMILES string of the molecule is N#Cc1c(N)sc(=S)c2c1CCC2. The van der Waals surface area contributed by atoms with Crippen molar-refractivity contribution in [3.63, 3.8) is 0 Å². The molecule has 4 heteroatoms. The minimum absolute atomic E-state index is 0.577. The summed E-state index contributed by atoms with van der Waals surface area (Å²) in [5.41, 5.74) is 8.68. The van der Waals surface area contributed by atoms with Crippen LogP contribution in [0.1, 0.15) is 23.1 Å². The fourth-order valence-electron chi connectivity index (χ4n) is 1.73. The molecule has 1 aliphatic rings. The summed E-state index contributed by atoms with van der Waals surface area (Å²) in [7, 11) is 0. The average Bonchev–Trinajstić information content (AvgIpc) is 2.53. The van der Waals surface area contributed by atoms with Gasteiger partial charge < -0.3 is 5.73 Å². The van der Waals surface area contributed by atoms with E-state index in [0.29, 0.717) is 10.6 Å². The number of nitrogens with two attached hydrogens (primary N) is 1. The molecule has 0 aliphatic heterocycles. The van der Waals surface area contributed by atoms with Crippen molar-refractivity contribution < 1.29 is 0 Å². The lowest BCUT2D eigenvalue weighted by Gasteiger charge is -2.03. The first-order valence-corrected chi connectivity index (χ1v) is 5.31. The third-order valence-corrected chi connectivity index (χ3v) is 3.68. The van der Waals surface area contributed by atoms with Gasteiger partial charge in [0, 0.05) is 0 Å². The van der Waals surface area contributed by atoms with Crippen LogP contribution in [0.3, 0.4) is 0 Å². The van der Waals surface area contributed by atoms with Gasteiger partial charge in [-0.1, -0.05) is 12.2 Å². The van der Waals surface area contributed by atoms with Crippen LogP contribution >= 0.6 is 23.6 Å². The monoisotopic (exact) mass is 208 g/mol. The van der Waals surface area contributed by atoms with E-state index >= 15 is 0 Å². The van der Waals surface area contributed by atoms with Gasteiger partial charge in [0.2, 0.25) is 0 Å². The van der Waals surface area contributed by atoms with Gasteiger partial charge in [0.05, 0.1) is 9.39 Å². The zero-order valence-corrected chi connectivity index (χ0v) is 8.60. The van der Waals surface area contributed by atoms with E-state index < -0.39 is 0 Å². The van der Waals surface area contributed by atoms with E-state index in [0.717, 1.165) is 28.6 Å². The molecule has 2 nitrogen and oxygen atoms in total. The second-order valence-corrected chi connectivity index (χ2v) is 4.77. The maximum Gasteiger partial charge on any atom is 0.105 e. The van der Waals surface area contributed by atoms with Crippen LogP contribution in [0, 0.1) is 15.2 Å². The standard InChI is InChI=1S/C9H8N2S2/c10-4-7-5-2-1-3-6(5)9(12)13-8(7)11/h1-3,11H2. The zero-order chi connectivity index (χ0) is 9.42. The largest absolute Gasteiger partial charge is 0.389 e. The zero-order valence-electron chi connectivity index (χ0n) is 6.96. The van der Waals surface area contributed by atoms with Gasteiger partial charge in [-0.3, -0.25) is 0 Å². The molecule has 2 rings (SSSR count). The summed E-state index contributed by atoms with van der Waals surface area (Å²) in [5, 5.41) is 9.49. The lowest BCUT2D eigenvalue weighted by molar-refractivity contribution is 0.910. The summed E-state index contributed by atoms with van der Waals surface area (Å²) in [6.45, 7) is 0. The summed E-state index contributed by atoms with van der Waals surface area (Å²) in [5.74, 6) is 0. The third kappa shape index (κ3) is 1.25. The molecular weight excluding hydrogens is 200 g/mol. The highest BCUT2D eigenvalue weighted by molar-refractivity contribution is 7.73. The molecule has 0 saturated carbocycles. The average molecular weight is 208 g/mol. The van der Waals surface area contributed by atoms with Crippen LogP contribution < -0.4 is 5.73 Å². The van der Waals surface area contributed by atoms with E-state index in [9.17, 15) is 0 Å². The molecule has 0 radical (unpaired) electrons. The normalized spacial score (nSPS) is 13.8. The smallest absolute Gasteiger partial charge is 0.105 e. The van der Waals surface area contributed by atoms with Crippen molar-refractivity contribution >= 4 is 28.6 Å². The Morgan fingerprint density at radius 3 is 2.77 bits per heavy atom. The highest BCUT2D eigenvalue weighted by Crippen LogP contribution is 2.32. The van der Waals surface area contributed by atoms with E-state index in [1.807, 2.05) is 0 Å². The Labute approximate surface area is 85.6 Å². The number of nitrogens with zero attached hydrogens (tertiary/aromatic N) is 1. The Bertz CT molecular complexity index is 454. The van der Waals surface area contributed by atoms with E-state index in [4.69, 9.17) is 23.2 Å². The lowest BCUT2D eigenvalue weighted by Crippen LogP contribution is -1.94. The van der Waals surface area contributed by atoms with Crippen molar-refractivity contribution in [1.82, 2.24) is 0 Å². The Morgan fingerprint density at radius 1 is 1.38 bits per heavy atom. The Hall–Kier alpha value is -0.920. The van der Waals surface area contributed by atoms with Crippen LogP contribution in [0.4, 0.5) is 5.00 Å². The van der Waals surface area contributed by atoms with Crippen LogP contribution in [-0.2, 0) is 12.8 Å². The fraction of sp³-hybridized carbons (Fsp3) is 0.333. The van der Waals surface area contributed by atoms with Gasteiger partial charge in [0.15, 0.2) is 0 Å². The highest BCUT2D eigenvalue weighted by atomic mass is 32.1. The van der Waals surface area contributed by atoms with E-state index in [1.165, 1.54) is 16.9 Å². The van der Waals surface area contributed by atoms with Crippen LogP contribution in [0.5, 0.6) is 0 Å². The van der Waals surface area contributed by atoms with Crippen molar-refractivity contribution in [1.29, 1.82) is 5.26 Å². The second kappa shape index (κ2) is 3.09. The van der Waals surface area contributed by atoms with Crippen LogP contribution in [0.2, 0.25) is 0 Å². The van der Waals surface area contributed by atoms with Gasteiger partial charge in [0.25, 0.3) is 0 Å². The van der Waals surface area contributed by atoms with Gasteiger partial charge in [-0.2, -0.15) is 5.26 Å². The van der Waals surface area contributed by atoms with Crippen LogP contribution in [-0.4, -0.2) is 0 Å². The molecule has 0 fully saturated rings. The maximum atomic E-state index is 8.92. The molecule has 66 valence electrons.